The smallest absolute Gasteiger partial charge is 0.407 e. The van der Waals surface area contributed by atoms with E-state index in [1.165, 1.54) is 0 Å². The Bertz CT molecular complexity index is 366. The van der Waals surface area contributed by atoms with Gasteiger partial charge in [-0.1, -0.05) is 30.3 Å². The molecule has 17 heavy (non-hydrogen) atoms. The highest BCUT2D eigenvalue weighted by atomic mass is 16.5. The highest BCUT2D eigenvalue weighted by Gasteiger charge is 2.26. The van der Waals surface area contributed by atoms with Crippen LogP contribution in [-0.4, -0.2) is 23.3 Å². The molecule has 4 heteroatoms. The van der Waals surface area contributed by atoms with Crippen molar-refractivity contribution in [3.05, 3.63) is 35.9 Å². The van der Waals surface area contributed by atoms with Crippen LogP contribution in [-0.2, 0) is 11.3 Å². The summed E-state index contributed by atoms with van der Waals surface area (Å²) in [5, 5.41) is 12.2. The number of carbonyl (C=O) groups is 1. The summed E-state index contributed by atoms with van der Waals surface area (Å²) in [6.07, 6.45) is 1.63. The van der Waals surface area contributed by atoms with Crippen LogP contribution >= 0.6 is 0 Å². The first kappa shape index (κ1) is 11.9. The fraction of sp³-hybridized carbons (Fsp3) is 0.462. The number of amides is 1. The van der Waals surface area contributed by atoms with Gasteiger partial charge in [0.2, 0.25) is 0 Å². The molecule has 1 aromatic rings. The van der Waals surface area contributed by atoms with Gasteiger partial charge in [0.25, 0.3) is 0 Å². The number of ether oxygens (including phenoxy) is 1. The van der Waals surface area contributed by atoms with Gasteiger partial charge in [-0.05, 0) is 24.8 Å². The molecule has 0 aromatic heterocycles. The van der Waals surface area contributed by atoms with E-state index in [0.717, 1.165) is 24.8 Å². The van der Waals surface area contributed by atoms with Crippen LogP contribution in [0.4, 0.5) is 4.79 Å². The van der Waals surface area contributed by atoms with Crippen molar-refractivity contribution in [3.63, 3.8) is 0 Å². The molecular formula is C13H17NO3. The Balaban J connectivity index is 1.74. The van der Waals surface area contributed by atoms with E-state index in [1.54, 1.807) is 0 Å². The molecule has 0 spiro atoms. The molecule has 4 nitrogen and oxygen atoms in total. The van der Waals surface area contributed by atoms with E-state index < -0.39 is 12.2 Å². The Hall–Kier alpha value is -1.55. The summed E-state index contributed by atoms with van der Waals surface area (Å²) in [7, 11) is 0. The summed E-state index contributed by atoms with van der Waals surface area (Å²) in [4.78, 5) is 11.5. The summed E-state index contributed by atoms with van der Waals surface area (Å²) in [6, 6.07) is 9.36. The van der Waals surface area contributed by atoms with E-state index in [4.69, 9.17) is 4.74 Å². The van der Waals surface area contributed by atoms with Crippen molar-refractivity contribution < 1.29 is 14.6 Å². The Kier molecular flexibility index (Phi) is 3.98. The number of aliphatic hydroxyl groups is 1. The Morgan fingerprint density at radius 3 is 2.76 bits per heavy atom. The van der Waals surface area contributed by atoms with Gasteiger partial charge in [-0.15, -0.1) is 0 Å². The largest absolute Gasteiger partial charge is 0.445 e. The summed E-state index contributed by atoms with van der Waals surface area (Å²) in [5.41, 5.74) is 0.953. The highest BCUT2D eigenvalue weighted by Crippen LogP contribution is 2.18. The number of hydrogen-bond donors (Lipinski definition) is 2. The topological polar surface area (TPSA) is 58.6 Å². The van der Waals surface area contributed by atoms with E-state index in [1.807, 2.05) is 30.3 Å². The number of rotatable bonds is 3. The first-order valence-electron chi connectivity index (χ1n) is 5.91. The molecule has 2 rings (SSSR count). The lowest BCUT2D eigenvalue weighted by atomic mass is 10.2. The summed E-state index contributed by atoms with van der Waals surface area (Å²) in [5.74, 6) is 0. The summed E-state index contributed by atoms with van der Waals surface area (Å²) in [6.45, 7) is 0.259. The first-order chi connectivity index (χ1) is 8.25. The fourth-order valence-corrected chi connectivity index (χ4v) is 2.02. The predicted molar refractivity (Wildman–Crippen MR) is 63.4 cm³/mol. The van der Waals surface area contributed by atoms with Crippen LogP contribution in [0.3, 0.4) is 0 Å². The second-order valence-corrected chi connectivity index (χ2v) is 4.31. The average Bonchev–Trinajstić information content (AvgIpc) is 2.74. The third kappa shape index (κ3) is 3.46. The number of hydrogen-bond acceptors (Lipinski definition) is 3. The lowest BCUT2D eigenvalue weighted by Gasteiger charge is -2.16. The minimum atomic E-state index is -0.459. The van der Waals surface area contributed by atoms with Crippen LogP contribution in [0.25, 0.3) is 0 Å². The van der Waals surface area contributed by atoms with Gasteiger partial charge in [0.15, 0.2) is 0 Å². The second-order valence-electron chi connectivity index (χ2n) is 4.31. The zero-order valence-corrected chi connectivity index (χ0v) is 9.63. The third-order valence-electron chi connectivity index (χ3n) is 3.00. The van der Waals surface area contributed by atoms with Crippen molar-refractivity contribution in [2.24, 2.45) is 0 Å². The molecule has 2 atom stereocenters. The molecule has 0 heterocycles. The zero-order chi connectivity index (χ0) is 12.1. The molecule has 1 saturated carbocycles. The van der Waals surface area contributed by atoms with Crippen molar-refractivity contribution in [1.82, 2.24) is 5.32 Å². The van der Waals surface area contributed by atoms with Crippen molar-refractivity contribution in [1.29, 1.82) is 0 Å². The van der Waals surface area contributed by atoms with Gasteiger partial charge in [0.1, 0.15) is 6.61 Å². The molecule has 0 saturated heterocycles. The van der Waals surface area contributed by atoms with Crippen molar-refractivity contribution in [2.75, 3.05) is 0 Å². The Labute approximate surface area is 101 Å². The van der Waals surface area contributed by atoms with Gasteiger partial charge in [-0.2, -0.15) is 0 Å². The van der Waals surface area contributed by atoms with E-state index in [0.29, 0.717) is 0 Å². The van der Waals surface area contributed by atoms with Crippen LogP contribution in [0.5, 0.6) is 0 Å². The molecule has 1 aromatic carbocycles. The van der Waals surface area contributed by atoms with E-state index in [-0.39, 0.29) is 12.6 Å². The number of alkyl carbamates (subject to hydrolysis) is 1. The van der Waals surface area contributed by atoms with Gasteiger partial charge in [-0.25, -0.2) is 4.79 Å². The minimum absolute atomic E-state index is 0.154. The predicted octanol–water partition coefficient (Wildman–Crippen LogP) is 1.83. The van der Waals surface area contributed by atoms with Gasteiger partial charge in [0, 0.05) is 0 Å². The Morgan fingerprint density at radius 2 is 2.12 bits per heavy atom. The molecule has 1 aliphatic carbocycles. The van der Waals surface area contributed by atoms with Gasteiger partial charge >= 0.3 is 6.09 Å². The molecule has 1 fully saturated rings. The maximum absolute atomic E-state index is 11.5. The van der Waals surface area contributed by atoms with Gasteiger partial charge < -0.3 is 15.2 Å². The molecule has 0 radical (unpaired) electrons. The number of benzene rings is 1. The highest BCUT2D eigenvalue weighted by molar-refractivity contribution is 5.67. The molecule has 0 unspecified atom stereocenters. The van der Waals surface area contributed by atoms with Crippen LogP contribution in [0.2, 0.25) is 0 Å². The zero-order valence-electron chi connectivity index (χ0n) is 9.63. The Morgan fingerprint density at radius 1 is 1.35 bits per heavy atom. The first-order valence-corrected chi connectivity index (χ1v) is 5.91. The number of carbonyl (C=O) groups excluding carboxylic acids is 1. The van der Waals surface area contributed by atoms with Crippen LogP contribution in [0, 0.1) is 0 Å². The average molecular weight is 235 g/mol. The number of nitrogens with one attached hydrogen (secondary N) is 1. The van der Waals surface area contributed by atoms with Gasteiger partial charge in [0.05, 0.1) is 12.1 Å². The van der Waals surface area contributed by atoms with Crippen molar-refractivity contribution >= 4 is 6.09 Å². The van der Waals surface area contributed by atoms with Crippen LogP contribution in [0.1, 0.15) is 24.8 Å². The molecule has 92 valence electrons. The molecular weight excluding hydrogens is 218 g/mol. The quantitative estimate of drug-likeness (QED) is 0.840. The monoisotopic (exact) mass is 235 g/mol. The standard InChI is InChI=1S/C13H17NO3/c15-12-8-4-7-11(12)14-13(16)17-9-10-5-2-1-3-6-10/h1-3,5-6,11-12,15H,4,7-9H2,(H,14,16)/t11-,12-/m0/s1. The lowest BCUT2D eigenvalue weighted by Crippen LogP contribution is -2.40. The summed E-state index contributed by atoms with van der Waals surface area (Å²) >= 11 is 0. The van der Waals surface area contributed by atoms with Crippen molar-refractivity contribution in [3.8, 4) is 0 Å². The maximum Gasteiger partial charge on any atom is 0.407 e. The third-order valence-corrected chi connectivity index (χ3v) is 3.00. The fourth-order valence-electron chi connectivity index (χ4n) is 2.02. The van der Waals surface area contributed by atoms with Gasteiger partial charge in [-0.3, -0.25) is 0 Å². The lowest BCUT2D eigenvalue weighted by molar-refractivity contribution is 0.113. The minimum Gasteiger partial charge on any atom is -0.445 e. The molecule has 2 N–H and O–H groups in total. The van der Waals surface area contributed by atoms with Crippen molar-refractivity contribution in [2.45, 2.75) is 38.0 Å². The van der Waals surface area contributed by atoms with Crippen LogP contribution in [0.15, 0.2) is 30.3 Å². The van der Waals surface area contributed by atoms with E-state index >= 15 is 0 Å². The molecule has 0 aliphatic heterocycles. The molecule has 0 bridgehead atoms. The maximum atomic E-state index is 11.5. The second kappa shape index (κ2) is 5.68. The van der Waals surface area contributed by atoms with E-state index in [9.17, 15) is 9.90 Å². The molecule has 1 aliphatic rings. The summed E-state index contributed by atoms with van der Waals surface area (Å²) < 4.78 is 5.08. The SMILES string of the molecule is O=C(N[C@H]1CCC[C@@H]1O)OCc1ccccc1. The number of aliphatic hydroxyl groups excluding tert-OH is 1. The van der Waals surface area contributed by atoms with E-state index in [2.05, 4.69) is 5.32 Å². The van der Waals surface area contributed by atoms with Crippen LogP contribution < -0.4 is 5.32 Å². The normalized spacial score (nSPS) is 23.4. The molecule has 1 amide bonds.